The maximum atomic E-state index is 12.4. The number of nitrogens with two attached hydrogens (primary N) is 1. The zero-order valence-corrected chi connectivity index (χ0v) is 13.4. The number of fused-ring (bicyclic) bond motifs is 2. The molecule has 0 aliphatic rings. The molecule has 0 amide bonds. The van der Waals surface area contributed by atoms with Gasteiger partial charge < -0.3 is 15.1 Å². The second kappa shape index (κ2) is 5.28. The molecule has 5 rings (SSSR count). The maximum absolute atomic E-state index is 12.4. The molecule has 4 N–H and O–H groups in total. The Kier molecular flexibility index (Phi) is 2.92. The molecule has 0 spiro atoms. The molecule has 0 atom stereocenters. The van der Waals surface area contributed by atoms with Gasteiger partial charge in [-0.2, -0.15) is 5.10 Å². The van der Waals surface area contributed by atoms with Crippen LogP contribution in [0.5, 0.6) is 0 Å². The lowest BCUT2D eigenvalue weighted by Crippen LogP contribution is -2.18. The fourth-order valence-corrected chi connectivity index (χ4v) is 2.92. The van der Waals surface area contributed by atoms with Crippen LogP contribution in [0.1, 0.15) is 5.69 Å². The van der Waals surface area contributed by atoms with Crippen LogP contribution in [-0.4, -0.2) is 39.1 Å². The van der Waals surface area contributed by atoms with Gasteiger partial charge >= 0.3 is 5.69 Å². The SMILES string of the molecule is Nc1nc(-c2ccn[nH]2)nc2c1[nH]c(=O)n2Cc1cn2ccccc2n1. The van der Waals surface area contributed by atoms with Crippen molar-refractivity contribution in [1.29, 1.82) is 0 Å². The lowest BCUT2D eigenvalue weighted by molar-refractivity contribution is 0.762. The number of aromatic nitrogens is 8. The van der Waals surface area contributed by atoms with E-state index in [4.69, 9.17) is 5.73 Å². The molecule has 0 saturated carbocycles. The Morgan fingerprint density at radius 2 is 2.08 bits per heavy atom. The zero-order chi connectivity index (χ0) is 17.7. The van der Waals surface area contributed by atoms with Gasteiger partial charge in [0, 0.05) is 18.6 Å². The quantitative estimate of drug-likeness (QED) is 0.441. The Morgan fingerprint density at radius 3 is 2.88 bits per heavy atom. The summed E-state index contributed by atoms with van der Waals surface area (Å²) in [6, 6.07) is 7.46. The highest BCUT2D eigenvalue weighted by atomic mass is 16.1. The number of rotatable bonds is 3. The van der Waals surface area contributed by atoms with E-state index in [1.165, 1.54) is 4.57 Å². The number of H-pyrrole nitrogens is 2. The third kappa shape index (κ3) is 2.16. The van der Waals surface area contributed by atoms with Crippen LogP contribution in [-0.2, 0) is 6.54 Å². The average molecular weight is 347 g/mol. The number of pyridine rings is 1. The van der Waals surface area contributed by atoms with Gasteiger partial charge in [-0.1, -0.05) is 6.07 Å². The van der Waals surface area contributed by atoms with Crippen molar-refractivity contribution < 1.29 is 0 Å². The molecular weight excluding hydrogens is 334 g/mol. The highest BCUT2D eigenvalue weighted by Gasteiger charge is 2.16. The van der Waals surface area contributed by atoms with Crippen LogP contribution < -0.4 is 11.4 Å². The molecule has 5 heterocycles. The Balaban J connectivity index is 1.66. The molecule has 128 valence electrons. The third-order valence-corrected chi connectivity index (χ3v) is 4.13. The van der Waals surface area contributed by atoms with Crippen molar-refractivity contribution in [3.05, 3.63) is 59.0 Å². The van der Waals surface area contributed by atoms with Crippen LogP contribution in [0.25, 0.3) is 28.3 Å². The molecule has 0 saturated heterocycles. The Hall–Kier alpha value is -3.95. The minimum Gasteiger partial charge on any atom is -0.382 e. The number of nitrogens with one attached hydrogen (secondary N) is 2. The third-order valence-electron chi connectivity index (χ3n) is 4.13. The standard InChI is InChI=1S/C16H13N9O/c17-13-12-15(22-14(21-13)10-4-5-18-23-10)25(16(26)20-12)8-9-7-24-6-2-1-3-11(24)19-9/h1-7H,8H2,(H,18,23)(H,20,26)(H2,17,21,22). The molecule has 0 fully saturated rings. The summed E-state index contributed by atoms with van der Waals surface area (Å²) in [7, 11) is 0. The average Bonchev–Trinajstić information content (AvgIpc) is 3.35. The number of aromatic amines is 2. The van der Waals surface area contributed by atoms with Crippen LogP contribution in [0.15, 0.2) is 47.7 Å². The smallest absolute Gasteiger partial charge is 0.328 e. The zero-order valence-electron chi connectivity index (χ0n) is 13.4. The molecule has 0 aliphatic carbocycles. The van der Waals surface area contributed by atoms with Gasteiger partial charge in [-0.05, 0) is 18.2 Å². The first-order valence-corrected chi connectivity index (χ1v) is 7.87. The van der Waals surface area contributed by atoms with Crippen LogP contribution in [0.4, 0.5) is 5.82 Å². The summed E-state index contributed by atoms with van der Waals surface area (Å²) < 4.78 is 3.39. The van der Waals surface area contributed by atoms with Crippen molar-refractivity contribution in [2.75, 3.05) is 5.73 Å². The second-order valence-corrected chi connectivity index (χ2v) is 5.82. The van der Waals surface area contributed by atoms with Gasteiger partial charge in [-0.15, -0.1) is 0 Å². The van der Waals surface area contributed by atoms with Crippen molar-refractivity contribution >= 4 is 22.6 Å². The van der Waals surface area contributed by atoms with Gasteiger partial charge in [-0.25, -0.2) is 19.7 Å². The summed E-state index contributed by atoms with van der Waals surface area (Å²) >= 11 is 0. The monoisotopic (exact) mass is 347 g/mol. The maximum Gasteiger partial charge on any atom is 0.328 e. The molecular formula is C16H13N9O. The van der Waals surface area contributed by atoms with Crippen molar-refractivity contribution in [3.63, 3.8) is 0 Å². The highest BCUT2D eigenvalue weighted by molar-refractivity contribution is 5.83. The molecule has 5 aromatic rings. The van der Waals surface area contributed by atoms with Crippen LogP contribution >= 0.6 is 0 Å². The molecule has 0 radical (unpaired) electrons. The summed E-state index contributed by atoms with van der Waals surface area (Å²) in [6.07, 6.45) is 5.38. The summed E-state index contributed by atoms with van der Waals surface area (Å²) in [5.41, 5.74) is 8.68. The summed E-state index contributed by atoms with van der Waals surface area (Å²) in [5.74, 6) is 0.570. The number of hydrogen-bond acceptors (Lipinski definition) is 6. The molecule has 10 nitrogen and oxygen atoms in total. The number of nitrogens with zero attached hydrogens (tertiary/aromatic N) is 6. The fourth-order valence-electron chi connectivity index (χ4n) is 2.92. The Morgan fingerprint density at radius 1 is 1.15 bits per heavy atom. The molecule has 26 heavy (non-hydrogen) atoms. The molecule has 0 unspecified atom stereocenters. The van der Waals surface area contributed by atoms with E-state index in [9.17, 15) is 4.79 Å². The van der Waals surface area contributed by atoms with E-state index in [-0.39, 0.29) is 18.1 Å². The van der Waals surface area contributed by atoms with Crippen molar-refractivity contribution in [3.8, 4) is 11.5 Å². The van der Waals surface area contributed by atoms with Crippen LogP contribution in [0, 0.1) is 0 Å². The van der Waals surface area contributed by atoms with Crippen molar-refractivity contribution in [2.24, 2.45) is 0 Å². The van der Waals surface area contributed by atoms with Crippen LogP contribution in [0.3, 0.4) is 0 Å². The Labute approximate surface area is 145 Å². The summed E-state index contributed by atoms with van der Waals surface area (Å²) in [5, 5.41) is 6.69. The van der Waals surface area contributed by atoms with E-state index < -0.39 is 0 Å². The minimum atomic E-state index is -0.320. The molecule has 10 heteroatoms. The van der Waals surface area contributed by atoms with Crippen molar-refractivity contribution in [1.82, 2.24) is 39.1 Å². The van der Waals surface area contributed by atoms with Crippen molar-refractivity contribution in [2.45, 2.75) is 6.54 Å². The molecule has 0 bridgehead atoms. The van der Waals surface area contributed by atoms with Gasteiger partial charge in [0.2, 0.25) is 0 Å². The van der Waals surface area contributed by atoms with E-state index in [1.807, 2.05) is 35.0 Å². The highest BCUT2D eigenvalue weighted by Crippen LogP contribution is 2.20. The first-order chi connectivity index (χ1) is 12.7. The predicted octanol–water partition coefficient (Wildman–Crippen LogP) is 0.788. The van der Waals surface area contributed by atoms with Gasteiger partial charge in [0.05, 0.1) is 12.2 Å². The fraction of sp³-hybridized carbons (Fsp3) is 0.0625. The largest absolute Gasteiger partial charge is 0.382 e. The minimum absolute atomic E-state index is 0.199. The first-order valence-electron chi connectivity index (χ1n) is 7.87. The number of hydrogen-bond donors (Lipinski definition) is 3. The number of nitrogen functional groups attached to an aromatic ring is 1. The van der Waals surface area contributed by atoms with Gasteiger partial charge in [0.15, 0.2) is 17.3 Å². The number of imidazole rings is 2. The predicted molar refractivity (Wildman–Crippen MR) is 94.4 cm³/mol. The second-order valence-electron chi connectivity index (χ2n) is 5.82. The normalized spacial score (nSPS) is 11.5. The van der Waals surface area contributed by atoms with E-state index in [1.54, 1.807) is 12.3 Å². The topological polar surface area (TPSA) is 136 Å². The first kappa shape index (κ1) is 14.4. The van der Waals surface area contributed by atoms with E-state index in [2.05, 4.69) is 30.1 Å². The Bertz CT molecular complexity index is 1260. The lowest BCUT2D eigenvalue weighted by Gasteiger charge is -2.03. The summed E-state index contributed by atoms with van der Waals surface area (Å²) in [6.45, 7) is 0.263. The van der Waals surface area contributed by atoms with Crippen LogP contribution in [0.2, 0.25) is 0 Å². The number of anilines is 1. The van der Waals surface area contributed by atoms with Gasteiger partial charge in [0.25, 0.3) is 0 Å². The van der Waals surface area contributed by atoms with E-state index in [0.717, 1.165) is 11.3 Å². The van der Waals surface area contributed by atoms with Gasteiger partial charge in [0.1, 0.15) is 16.9 Å². The molecule has 0 aromatic carbocycles. The molecule has 5 aromatic heterocycles. The van der Waals surface area contributed by atoms with E-state index >= 15 is 0 Å². The molecule has 0 aliphatic heterocycles. The van der Waals surface area contributed by atoms with Gasteiger partial charge in [-0.3, -0.25) is 9.67 Å². The summed E-state index contributed by atoms with van der Waals surface area (Å²) in [4.78, 5) is 28.4. The van der Waals surface area contributed by atoms with E-state index in [0.29, 0.717) is 22.7 Å². The lowest BCUT2D eigenvalue weighted by atomic mass is 10.4.